The summed E-state index contributed by atoms with van der Waals surface area (Å²) in [5, 5.41) is 0. The molecule has 0 spiro atoms. The average molecular weight is 319 g/mol. The van der Waals surface area contributed by atoms with Gasteiger partial charge in [0.2, 0.25) is 0 Å². The molecule has 126 valence electrons. The largest absolute Gasteiger partial charge is 0.0877 e. The summed E-state index contributed by atoms with van der Waals surface area (Å²) in [4.78, 5) is 0. The molecule has 0 heteroatoms. The molecule has 0 bridgehead atoms. The van der Waals surface area contributed by atoms with Crippen LogP contribution in [-0.4, -0.2) is 0 Å². The molecule has 24 heavy (non-hydrogen) atoms. The van der Waals surface area contributed by atoms with E-state index in [2.05, 4.69) is 83.2 Å². The predicted molar refractivity (Wildman–Crippen MR) is 110 cm³/mol. The fourth-order valence-corrected chi connectivity index (χ4v) is 2.31. The topological polar surface area (TPSA) is 0 Å². The van der Waals surface area contributed by atoms with Crippen molar-refractivity contribution in [2.75, 3.05) is 0 Å². The average Bonchev–Trinajstić information content (AvgIpc) is 2.57. The monoisotopic (exact) mass is 318 g/mol. The van der Waals surface area contributed by atoms with Gasteiger partial charge in [-0.05, 0) is 69.4 Å². The summed E-state index contributed by atoms with van der Waals surface area (Å²) in [6, 6.07) is 10.5. The molecule has 1 rings (SSSR count). The van der Waals surface area contributed by atoms with Crippen LogP contribution in [0.3, 0.4) is 0 Å². The number of benzene rings is 1. The predicted octanol–water partition coefficient (Wildman–Crippen LogP) is 7.45. The van der Waals surface area contributed by atoms with Crippen molar-refractivity contribution in [2.24, 2.45) is 0 Å². The first-order chi connectivity index (χ1) is 11.5. The van der Waals surface area contributed by atoms with Crippen molar-refractivity contribution < 1.29 is 0 Å². The maximum absolute atomic E-state index is 2.25. The smallest absolute Gasteiger partial charge is 0.0196 e. The molecular formula is C24H30. The molecule has 0 saturated carbocycles. The molecule has 1 aromatic carbocycles. The van der Waals surface area contributed by atoms with Gasteiger partial charge in [-0.15, -0.1) is 0 Å². The summed E-state index contributed by atoms with van der Waals surface area (Å²) in [6.45, 7) is 12.9. The minimum absolute atomic E-state index is 1.24. The van der Waals surface area contributed by atoms with Crippen LogP contribution < -0.4 is 0 Å². The molecule has 0 aromatic heterocycles. The van der Waals surface area contributed by atoms with Gasteiger partial charge in [-0.1, -0.05) is 78.4 Å². The van der Waals surface area contributed by atoms with Crippen molar-refractivity contribution in [3.05, 3.63) is 100 Å². The lowest BCUT2D eigenvalue weighted by molar-refractivity contribution is 1.21. The molecule has 0 atom stereocenters. The normalized spacial score (nSPS) is 13.8. The second-order valence-electron chi connectivity index (χ2n) is 6.17. The maximum atomic E-state index is 2.25. The summed E-state index contributed by atoms with van der Waals surface area (Å²) < 4.78 is 0. The summed E-state index contributed by atoms with van der Waals surface area (Å²) in [6.07, 6.45) is 14.8. The Balaban J connectivity index is 3.26. The number of rotatable bonds is 6. The lowest BCUT2D eigenvalue weighted by atomic mass is 9.93. The van der Waals surface area contributed by atoms with E-state index >= 15 is 0 Å². The second-order valence-corrected chi connectivity index (χ2v) is 6.17. The van der Waals surface area contributed by atoms with Crippen LogP contribution in [0.5, 0.6) is 0 Å². The fraction of sp³-hybridized carbons (Fsp3) is 0.250. The number of hydrogen-bond acceptors (Lipinski definition) is 0. The minimum atomic E-state index is 1.24. The van der Waals surface area contributed by atoms with Crippen molar-refractivity contribution >= 4 is 6.08 Å². The van der Waals surface area contributed by atoms with Gasteiger partial charge in [0.25, 0.3) is 0 Å². The van der Waals surface area contributed by atoms with Gasteiger partial charge in [-0.3, -0.25) is 0 Å². The Morgan fingerprint density at radius 1 is 0.750 bits per heavy atom. The molecule has 0 nitrogen and oxygen atoms in total. The molecule has 0 aliphatic carbocycles. The zero-order chi connectivity index (χ0) is 17.9. The molecular weight excluding hydrogens is 288 g/mol. The van der Waals surface area contributed by atoms with E-state index in [9.17, 15) is 0 Å². The molecule has 0 unspecified atom stereocenters. The third-order valence-electron chi connectivity index (χ3n) is 4.12. The molecule has 0 heterocycles. The first kappa shape index (κ1) is 19.7. The van der Waals surface area contributed by atoms with Crippen molar-refractivity contribution in [1.29, 1.82) is 0 Å². The van der Waals surface area contributed by atoms with Gasteiger partial charge in [0, 0.05) is 0 Å². The molecule has 0 aliphatic rings. The highest BCUT2D eigenvalue weighted by Gasteiger charge is 2.05. The van der Waals surface area contributed by atoms with Crippen LogP contribution >= 0.6 is 0 Å². The summed E-state index contributed by atoms with van der Waals surface area (Å²) in [5.74, 6) is 0. The lowest BCUT2D eigenvalue weighted by Gasteiger charge is -2.12. The Hall–Kier alpha value is -2.34. The fourth-order valence-electron chi connectivity index (χ4n) is 2.31. The van der Waals surface area contributed by atoms with Crippen molar-refractivity contribution in [1.82, 2.24) is 0 Å². The van der Waals surface area contributed by atoms with E-state index in [4.69, 9.17) is 0 Å². The van der Waals surface area contributed by atoms with Gasteiger partial charge in [-0.2, -0.15) is 0 Å². The van der Waals surface area contributed by atoms with Gasteiger partial charge in [0.05, 0.1) is 0 Å². The first-order valence-electron chi connectivity index (χ1n) is 8.52. The van der Waals surface area contributed by atoms with Crippen LogP contribution in [0.4, 0.5) is 0 Å². The molecule has 0 fully saturated rings. The van der Waals surface area contributed by atoms with Gasteiger partial charge in [-0.25, -0.2) is 0 Å². The highest BCUT2D eigenvalue weighted by molar-refractivity contribution is 5.61. The highest BCUT2D eigenvalue weighted by atomic mass is 14.1. The Kier molecular flexibility index (Phi) is 8.57. The van der Waals surface area contributed by atoms with E-state index in [0.717, 1.165) is 0 Å². The Labute approximate surface area is 148 Å². The van der Waals surface area contributed by atoms with Crippen LogP contribution in [0.25, 0.3) is 6.08 Å². The van der Waals surface area contributed by atoms with Crippen LogP contribution in [0.2, 0.25) is 0 Å². The summed E-state index contributed by atoms with van der Waals surface area (Å²) >= 11 is 0. The Morgan fingerprint density at radius 2 is 1.38 bits per heavy atom. The third kappa shape index (κ3) is 6.42. The highest BCUT2D eigenvalue weighted by Crippen LogP contribution is 2.25. The zero-order valence-electron chi connectivity index (χ0n) is 15.9. The lowest BCUT2D eigenvalue weighted by Crippen LogP contribution is -1.92. The molecule has 0 saturated heterocycles. The quantitative estimate of drug-likeness (QED) is 0.478. The van der Waals surface area contributed by atoms with E-state index in [1.807, 2.05) is 31.2 Å². The van der Waals surface area contributed by atoms with E-state index in [0.29, 0.717) is 0 Å². The maximum Gasteiger partial charge on any atom is -0.0196 e. The standard InChI is InChI=1S/C24H30/c1-7-8-9-10-14-17-24(21(5)19(2)3)22(6)20(4)18-23-15-12-11-13-16-23/h7-18H,1-6H3/b8-7-,10-9-,17-14+,20-18+,24-22-. The first-order valence-corrected chi connectivity index (χ1v) is 8.52. The zero-order valence-corrected chi connectivity index (χ0v) is 15.9. The molecule has 0 N–H and O–H groups in total. The van der Waals surface area contributed by atoms with Crippen molar-refractivity contribution in [2.45, 2.75) is 41.5 Å². The van der Waals surface area contributed by atoms with Crippen LogP contribution in [0.15, 0.2) is 94.7 Å². The van der Waals surface area contributed by atoms with Gasteiger partial charge in [0.15, 0.2) is 0 Å². The third-order valence-corrected chi connectivity index (χ3v) is 4.12. The Morgan fingerprint density at radius 3 is 1.96 bits per heavy atom. The SMILES string of the molecule is C\C=C/C=C\C=C\C(C(C)=C(C)C)=C(C)\C(C)=C\c1ccccc1. The van der Waals surface area contributed by atoms with Gasteiger partial charge >= 0.3 is 0 Å². The number of allylic oxidation sites excluding steroid dienone is 11. The van der Waals surface area contributed by atoms with Crippen molar-refractivity contribution in [3.8, 4) is 0 Å². The van der Waals surface area contributed by atoms with E-state index in [1.165, 1.54) is 33.4 Å². The van der Waals surface area contributed by atoms with Crippen LogP contribution in [0.1, 0.15) is 47.1 Å². The Bertz CT molecular complexity index is 698. The van der Waals surface area contributed by atoms with E-state index in [-0.39, 0.29) is 0 Å². The second kappa shape index (κ2) is 10.4. The van der Waals surface area contributed by atoms with E-state index in [1.54, 1.807) is 0 Å². The molecule has 0 radical (unpaired) electrons. The number of hydrogen-bond donors (Lipinski definition) is 0. The molecule has 0 aliphatic heterocycles. The summed E-state index contributed by atoms with van der Waals surface area (Å²) in [7, 11) is 0. The van der Waals surface area contributed by atoms with Gasteiger partial charge < -0.3 is 0 Å². The van der Waals surface area contributed by atoms with Crippen LogP contribution in [0, 0.1) is 0 Å². The van der Waals surface area contributed by atoms with E-state index < -0.39 is 0 Å². The van der Waals surface area contributed by atoms with Crippen molar-refractivity contribution in [3.63, 3.8) is 0 Å². The summed E-state index contributed by atoms with van der Waals surface area (Å²) in [5.41, 5.74) is 7.82. The molecule has 0 amide bonds. The molecule has 1 aromatic rings. The van der Waals surface area contributed by atoms with Crippen LogP contribution in [-0.2, 0) is 0 Å². The van der Waals surface area contributed by atoms with Gasteiger partial charge in [0.1, 0.15) is 0 Å². The minimum Gasteiger partial charge on any atom is -0.0877 e.